The van der Waals surface area contributed by atoms with Crippen LogP contribution < -0.4 is 5.32 Å². The fourth-order valence-corrected chi connectivity index (χ4v) is 2.08. The molecule has 2 rings (SSSR count). The van der Waals surface area contributed by atoms with Crippen molar-refractivity contribution in [3.8, 4) is 0 Å². The highest BCUT2D eigenvalue weighted by atomic mass is 19.4. The first-order chi connectivity index (χ1) is 9.83. The van der Waals surface area contributed by atoms with Gasteiger partial charge in [-0.25, -0.2) is 9.97 Å². The highest BCUT2D eigenvalue weighted by Crippen LogP contribution is 2.31. The van der Waals surface area contributed by atoms with Gasteiger partial charge in [-0.05, 0) is 18.9 Å². The third-order valence-corrected chi connectivity index (χ3v) is 3.43. The SMILES string of the molecule is O=C(O)C1(CNc2nccc(C(F)(F)F)n2)CCOCC1. The van der Waals surface area contributed by atoms with Crippen molar-refractivity contribution in [2.45, 2.75) is 19.0 Å². The predicted molar refractivity (Wildman–Crippen MR) is 65.6 cm³/mol. The van der Waals surface area contributed by atoms with E-state index in [9.17, 15) is 23.1 Å². The molecule has 0 atom stereocenters. The molecule has 9 heteroatoms. The Morgan fingerprint density at radius 3 is 2.67 bits per heavy atom. The van der Waals surface area contributed by atoms with E-state index < -0.39 is 23.3 Å². The Morgan fingerprint density at radius 1 is 1.43 bits per heavy atom. The Kier molecular flexibility index (Phi) is 4.31. The van der Waals surface area contributed by atoms with Gasteiger partial charge in [-0.1, -0.05) is 0 Å². The molecule has 2 heterocycles. The number of carboxylic acids is 1. The van der Waals surface area contributed by atoms with Crippen LogP contribution in [0.5, 0.6) is 0 Å². The molecule has 0 unspecified atom stereocenters. The lowest BCUT2D eigenvalue weighted by Gasteiger charge is -2.33. The molecule has 1 saturated heterocycles. The fraction of sp³-hybridized carbons (Fsp3) is 0.583. The number of rotatable bonds is 4. The second kappa shape index (κ2) is 5.84. The summed E-state index contributed by atoms with van der Waals surface area (Å²) in [6.45, 7) is 0.557. The monoisotopic (exact) mass is 305 g/mol. The van der Waals surface area contributed by atoms with Gasteiger partial charge in [0.05, 0.1) is 5.41 Å². The summed E-state index contributed by atoms with van der Waals surface area (Å²) < 4.78 is 42.7. The molecule has 0 bridgehead atoms. The van der Waals surface area contributed by atoms with Crippen molar-refractivity contribution in [2.24, 2.45) is 5.41 Å². The van der Waals surface area contributed by atoms with Crippen molar-refractivity contribution in [2.75, 3.05) is 25.1 Å². The number of hydrogen-bond donors (Lipinski definition) is 2. The summed E-state index contributed by atoms with van der Waals surface area (Å²) in [5.74, 6) is -1.25. The van der Waals surface area contributed by atoms with Gasteiger partial charge in [0, 0.05) is 26.0 Å². The molecule has 1 fully saturated rings. The van der Waals surface area contributed by atoms with Gasteiger partial charge >= 0.3 is 12.1 Å². The standard InChI is InChI=1S/C12H14F3N3O3/c13-12(14,15)8-1-4-16-10(18-8)17-7-11(9(19)20)2-5-21-6-3-11/h1,4H,2-3,5-7H2,(H,19,20)(H,16,17,18). The smallest absolute Gasteiger partial charge is 0.433 e. The van der Waals surface area contributed by atoms with Crippen LogP contribution in [0.15, 0.2) is 12.3 Å². The number of nitrogens with one attached hydrogen (secondary N) is 1. The maximum absolute atomic E-state index is 12.5. The van der Waals surface area contributed by atoms with Gasteiger partial charge in [0.25, 0.3) is 0 Å². The average molecular weight is 305 g/mol. The van der Waals surface area contributed by atoms with Crippen molar-refractivity contribution >= 4 is 11.9 Å². The second-order valence-corrected chi connectivity index (χ2v) is 4.81. The summed E-state index contributed by atoms with van der Waals surface area (Å²) in [4.78, 5) is 18.4. The van der Waals surface area contributed by atoms with Gasteiger partial charge in [0.2, 0.25) is 5.95 Å². The van der Waals surface area contributed by atoms with Crippen LogP contribution in [0, 0.1) is 5.41 Å². The molecule has 0 spiro atoms. The Morgan fingerprint density at radius 2 is 2.10 bits per heavy atom. The maximum atomic E-state index is 12.5. The van der Waals surface area contributed by atoms with E-state index >= 15 is 0 Å². The zero-order chi connectivity index (χ0) is 15.5. The molecular weight excluding hydrogens is 291 g/mol. The summed E-state index contributed by atoms with van der Waals surface area (Å²) in [5.41, 5.74) is -2.15. The molecule has 116 valence electrons. The number of halogens is 3. The van der Waals surface area contributed by atoms with E-state index in [1.54, 1.807) is 0 Å². The lowest BCUT2D eigenvalue weighted by atomic mass is 9.80. The minimum absolute atomic E-state index is 0.0486. The van der Waals surface area contributed by atoms with Gasteiger partial charge in [-0.3, -0.25) is 4.79 Å². The molecule has 0 radical (unpaired) electrons. The summed E-state index contributed by atoms with van der Waals surface area (Å²) in [7, 11) is 0. The first-order valence-electron chi connectivity index (χ1n) is 6.29. The third kappa shape index (κ3) is 3.60. The van der Waals surface area contributed by atoms with Crippen LogP contribution in [0.2, 0.25) is 0 Å². The van der Waals surface area contributed by atoms with Crippen LogP contribution >= 0.6 is 0 Å². The number of carbonyl (C=O) groups is 1. The molecule has 6 nitrogen and oxygen atoms in total. The van der Waals surface area contributed by atoms with Crippen LogP contribution in [0.3, 0.4) is 0 Å². The van der Waals surface area contributed by atoms with E-state index in [0.29, 0.717) is 13.2 Å². The van der Waals surface area contributed by atoms with Crippen molar-refractivity contribution < 1.29 is 27.8 Å². The van der Waals surface area contributed by atoms with E-state index in [4.69, 9.17) is 4.74 Å². The highest BCUT2D eigenvalue weighted by Gasteiger charge is 2.40. The summed E-state index contributed by atoms with van der Waals surface area (Å²) in [6, 6.07) is 0.757. The zero-order valence-corrected chi connectivity index (χ0v) is 11.0. The molecular formula is C12H14F3N3O3. The largest absolute Gasteiger partial charge is 0.481 e. The Balaban J connectivity index is 2.09. The molecule has 2 N–H and O–H groups in total. The highest BCUT2D eigenvalue weighted by molar-refractivity contribution is 5.75. The lowest BCUT2D eigenvalue weighted by molar-refractivity contribution is -0.153. The topological polar surface area (TPSA) is 84.3 Å². The number of carboxylic acid groups (broad SMARTS) is 1. The summed E-state index contributed by atoms with van der Waals surface area (Å²) >= 11 is 0. The van der Waals surface area contributed by atoms with E-state index in [1.807, 2.05) is 0 Å². The first kappa shape index (κ1) is 15.5. The number of nitrogens with zero attached hydrogens (tertiary/aromatic N) is 2. The summed E-state index contributed by atoms with van der Waals surface area (Å²) in [5, 5.41) is 11.9. The van der Waals surface area contributed by atoms with Gasteiger partial charge in [0.1, 0.15) is 5.69 Å². The first-order valence-corrected chi connectivity index (χ1v) is 6.29. The van der Waals surface area contributed by atoms with Gasteiger partial charge < -0.3 is 15.2 Å². The molecule has 1 aliphatic heterocycles. The Hall–Kier alpha value is -1.90. The van der Waals surface area contributed by atoms with Gasteiger partial charge in [-0.15, -0.1) is 0 Å². The Bertz CT molecular complexity index is 516. The number of aromatic nitrogens is 2. The normalized spacial score (nSPS) is 18.2. The lowest BCUT2D eigenvalue weighted by Crippen LogP contribution is -2.42. The van der Waals surface area contributed by atoms with Crippen molar-refractivity contribution in [1.82, 2.24) is 9.97 Å². The third-order valence-electron chi connectivity index (χ3n) is 3.43. The Labute approximate surface area is 118 Å². The van der Waals surface area contributed by atoms with E-state index in [1.165, 1.54) is 0 Å². The number of anilines is 1. The number of ether oxygens (including phenoxy) is 1. The van der Waals surface area contributed by atoms with Crippen molar-refractivity contribution in [1.29, 1.82) is 0 Å². The summed E-state index contributed by atoms with van der Waals surface area (Å²) in [6.07, 6.45) is -3.01. The second-order valence-electron chi connectivity index (χ2n) is 4.81. The van der Waals surface area contributed by atoms with Crippen LogP contribution in [0.25, 0.3) is 0 Å². The molecule has 1 aliphatic rings. The van der Waals surface area contributed by atoms with E-state index in [0.717, 1.165) is 12.3 Å². The molecule has 21 heavy (non-hydrogen) atoms. The quantitative estimate of drug-likeness (QED) is 0.882. The minimum Gasteiger partial charge on any atom is -0.481 e. The van der Waals surface area contributed by atoms with Crippen LogP contribution in [0.4, 0.5) is 19.1 Å². The maximum Gasteiger partial charge on any atom is 0.433 e. The van der Waals surface area contributed by atoms with Crippen LogP contribution in [-0.2, 0) is 15.7 Å². The zero-order valence-electron chi connectivity index (χ0n) is 11.0. The molecule has 0 aromatic carbocycles. The predicted octanol–water partition coefficient (Wildman–Crippen LogP) is 1.79. The van der Waals surface area contributed by atoms with Gasteiger partial charge in [0.15, 0.2) is 0 Å². The number of hydrogen-bond acceptors (Lipinski definition) is 5. The van der Waals surface area contributed by atoms with Gasteiger partial charge in [-0.2, -0.15) is 13.2 Å². The number of alkyl halides is 3. The molecule has 0 aliphatic carbocycles. The molecule has 1 aromatic rings. The minimum atomic E-state index is -4.57. The molecule has 0 saturated carbocycles. The van der Waals surface area contributed by atoms with E-state index in [-0.39, 0.29) is 25.3 Å². The average Bonchev–Trinajstić information content (AvgIpc) is 2.45. The van der Waals surface area contributed by atoms with Crippen LogP contribution in [0.1, 0.15) is 18.5 Å². The van der Waals surface area contributed by atoms with Crippen LogP contribution in [-0.4, -0.2) is 40.8 Å². The molecule has 1 aromatic heterocycles. The van der Waals surface area contributed by atoms with E-state index in [2.05, 4.69) is 15.3 Å². The number of aliphatic carboxylic acids is 1. The molecule has 0 amide bonds. The van der Waals surface area contributed by atoms with Crippen molar-refractivity contribution in [3.05, 3.63) is 18.0 Å². The van der Waals surface area contributed by atoms with Crippen molar-refractivity contribution in [3.63, 3.8) is 0 Å². The fourth-order valence-electron chi connectivity index (χ4n) is 2.08.